The van der Waals surface area contributed by atoms with Gasteiger partial charge in [-0.25, -0.2) is 0 Å². The highest BCUT2D eigenvalue weighted by Crippen LogP contribution is 2.35. The number of nitriles is 1. The van der Waals surface area contributed by atoms with E-state index in [1.807, 2.05) is 30.3 Å². The van der Waals surface area contributed by atoms with Crippen molar-refractivity contribution in [2.45, 2.75) is 37.0 Å². The molecule has 1 aliphatic carbocycles. The van der Waals surface area contributed by atoms with Gasteiger partial charge in [-0.2, -0.15) is 5.26 Å². The van der Waals surface area contributed by atoms with Gasteiger partial charge in [-0.1, -0.05) is 37.5 Å². The van der Waals surface area contributed by atoms with Gasteiger partial charge in [0.2, 0.25) is 5.91 Å². The Labute approximate surface area is 128 Å². The Kier molecular flexibility index (Phi) is 5.51. The molecule has 0 spiro atoms. The maximum Gasteiger partial charge on any atom is 0.240 e. The zero-order valence-electron chi connectivity index (χ0n) is 12.0. The Morgan fingerprint density at radius 3 is 2.52 bits per heavy atom. The molecule has 1 atom stereocenters. The van der Waals surface area contributed by atoms with Crippen LogP contribution in [-0.4, -0.2) is 22.4 Å². The van der Waals surface area contributed by atoms with E-state index in [1.165, 1.54) is 0 Å². The average Bonchev–Trinajstić information content (AvgIpc) is 2.56. The van der Waals surface area contributed by atoms with Gasteiger partial charge >= 0.3 is 0 Å². The molecule has 1 N–H and O–H groups in total. The van der Waals surface area contributed by atoms with Crippen molar-refractivity contribution in [2.24, 2.45) is 5.41 Å². The number of nitrogens with zero attached hydrogens (tertiary/aromatic N) is 1. The lowest BCUT2D eigenvalue weighted by atomic mass is 9.74. The molecule has 1 fully saturated rings. The molecule has 5 heteroatoms. The van der Waals surface area contributed by atoms with E-state index in [-0.39, 0.29) is 5.91 Å². The summed E-state index contributed by atoms with van der Waals surface area (Å²) >= 11 is 0. The Bertz CT molecular complexity index is 545. The molecule has 1 aromatic rings. The normalized spacial score (nSPS) is 18.4. The van der Waals surface area contributed by atoms with Gasteiger partial charge in [0.1, 0.15) is 5.41 Å². The SMILES string of the molecule is N#CC1(C(=O)NCC[S@@](=O)c2ccccc2)CCCCC1. The van der Waals surface area contributed by atoms with Gasteiger partial charge in [-0.05, 0) is 25.0 Å². The van der Waals surface area contributed by atoms with Crippen molar-refractivity contribution in [3.8, 4) is 6.07 Å². The summed E-state index contributed by atoms with van der Waals surface area (Å²) in [7, 11) is -1.12. The van der Waals surface area contributed by atoms with Gasteiger partial charge in [-0.3, -0.25) is 9.00 Å². The molecule has 1 saturated carbocycles. The third kappa shape index (κ3) is 3.92. The fourth-order valence-electron chi connectivity index (χ4n) is 2.66. The van der Waals surface area contributed by atoms with Crippen LogP contribution in [0.2, 0.25) is 0 Å². The summed E-state index contributed by atoms with van der Waals surface area (Å²) in [5.41, 5.74) is -0.869. The van der Waals surface area contributed by atoms with Crippen LogP contribution < -0.4 is 5.32 Å². The van der Waals surface area contributed by atoms with E-state index in [9.17, 15) is 14.3 Å². The quantitative estimate of drug-likeness (QED) is 0.908. The van der Waals surface area contributed by atoms with Crippen LogP contribution in [0.25, 0.3) is 0 Å². The minimum atomic E-state index is -1.12. The topological polar surface area (TPSA) is 70.0 Å². The first-order valence-corrected chi connectivity index (χ1v) is 8.63. The lowest BCUT2D eigenvalue weighted by molar-refractivity contribution is -0.129. The first kappa shape index (κ1) is 15.7. The molecule has 0 bridgehead atoms. The minimum Gasteiger partial charge on any atom is -0.354 e. The molecular weight excluding hydrogens is 284 g/mol. The fraction of sp³-hybridized carbons (Fsp3) is 0.500. The summed E-state index contributed by atoms with van der Waals surface area (Å²) in [6.45, 7) is 0.337. The van der Waals surface area contributed by atoms with Crippen LogP contribution in [-0.2, 0) is 15.6 Å². The first-order valence-electron chi connectivity index (χ1n) is 7.31. The molecule has 0 unspecified atom stereocenters. The molecule has 1 aliphatic rings. The zero-order chi connectivity index (χ0) is 15.1. The number of carbonyl (C=O) groups is 1. The summed E-state index contributed by atoms with van der Waals surface area (Å²) in [5.74, 6) is 0.173. The van der Waals surface area contributed by atoms with Crippen LogP contribution in [0.4, 0.5) is 0 Å². The third-order valence-electron chi connectivity index (χ3n) is 3.93. The number of carbonyl (C=O) groups excluding carboxylic acids is 1. The molecule has 112 valence electrons. The van der Waals surface area contributed by atoms with Gasteiger partial charge in [0.15, 0.2) is 0 Å². The second-order valence-corrected chi connectivity index (χ2v) is 6.94. The average molecular weight is 304 g/mol. The summed E-state index contributed by atoms with van der Waals surface area (Å²) in [4.78, 5) is 13.0. The monoisotopic (exact) mass is 304 g/mol. The smallest absolute Gasteiger partial charge is 0.240 e. The summed E-state index contributed by atoms with van der Waals surface area (Å²) in [6, 6.07) is 11.4. The molecule has 0 heterocycles. The lowest BCUT2D eigenvalue weighted by Gasteiger charge is -2.29. The number of hydrogen-bond acceptors (Lipinski definition) is 3. The summed E-state index contributed by atoms with van der Waals surface area (Å²) < 4.78 is 12.0. The minimum absolute atomic E-state index is 0.199. The van der Waals surface area contributed by atoms with Crippen molar-refractivity contribution in [3.05, 3.63) is 30.3 Å². The van der Waals surface area contributed by atoms with E-state index in [0.29, 0.717) is 25.1 Å². The number of rotatable bonds is 5. The van der Waals surface area contributed by atoms with E-state index in [1.54, 1.807) is 0 Å². The highest BCUT2D eigenvalue weighted by atomic mass is 32.2. The number of amides is 1. The van der Waals surface area contributed by atoms with Crippen LogP contribution >= 0.6 is 0 Å². The van der Waals surface area contributed by atoms with Crippen LogP contribution in [0.5, 0.6) is 0 Å². The second-order valence-electron chi connectivity index (χ2n) is 5.37. The van der Waals surface area contributed by atoms with Crippen molar-refractivity contribution in [1.82, 2.24) is 5.32 Å². The van der Waals surface area contributed by atoms with E-state index < -0.39 is 16.2 Å². The Balaban J connectivity index is 1.84. The summed E-state index contributed by atoms with van der Waals surface area (Å²) in [6.07, 6.45) is 4.22. The number of nitrogens with one attached hydrogen (secondary N) is 1. The molecule has 1 aromatic carbocycles. The highest BCUT2D eigenvalue weighted by molar-refractivity contribution is 7.85. The Morgan fingerprint density at radius 1 is 1.24 bits per heavy atom. The predicted octanol–water partition coefficient (Wildman–Crippen LogP) is 2.38. The summed E-state index contributed by atoms with van der Waals surface area (Å²) in [5, 5.41) is 12.1. The molecule has 21 heavy (non-hydrogen) atoms. The van der Waals surface area contributed by atoms with Crippen LogP contribution in [0.15, 0.2) is 35.2 Å². The maximum atomic E-state index is 12.2. The fourth-order valence-corrected chi connectivity index (χ4v) is 3.65. The van der Waals surface area contributed by atoms with Gasteiger partial charge in [0.25, 0.3) is 0 Å². The van der Waals surface area contributed by atoms with Crippen molar-refractivity contribution < 1.29 is 9.00 Å². The van der Waals surface area contributed by atoms with Crippen molar-refractivity contribution >= 4 is 16.7 Å². The third-order valence-corrected chi connectivity index (χ3v) is 5.31. The molecule has 1 amide bonds. The van der Waals surface area contributed by atoms with E-state index in [0.717, 1.165) is 24.2 Å². The maximum absolute atomic E-state index is 12.2. The molecular formula is C16H20N2O2S. The molecule has 0 saturated heterocycles. The number of hydrogen-bond donors (Lipinski definition) is 1. The van der Waals surface area contributed by atoms with Crippen LogP contribution in [0.1, 0.15) is 32.1 Å². The lowest BCUT2D eigenvalue weighted by Crippen LogP contribution is -2.42. The first-order chi connectivity index (χ1) is 10.2. The van der Waals surface area contributed by atoms with E-state index in [2.05, 4.69) is 11.4 Å². The van der Waals surface area contributed by atoms with Crippen molar-refractivity contribution in [3.63, 3.8) is 0 Å². The Hall–Kier alpha value is -1.67. The molecule has 0 aliphatic heterocycles. The molecule has 0 aromatic heterocycles. The second kappa shape index (κ2) is 7.37. The van der Waals surface area contributed by atoms with Gasteiger partial charge in [-0.15, -0.1) is 0 Å². The zero-order valence-corrected chi connectivity index (χ0v) is 12.8. The standard InChI is InChI=1S/C16H20N2O2S/c17-13-16(9-5-2-6-10-16)15(19)18-11-12-21(20)14-7-3-1-4-8-14/h1,3-4,7-8H,2,5-6,9-12H2,(H,18,19)/t21-/m1/s1. The van der Waals surface area contributed by atoms with E-state index in [4.69, 9.17) is 0 Å². The highest BCUT2D eigenvalue weighted by Gasteiger charge is 2.39. The Morgan fingerprint density at radius 2 is 1.90 bits per heavy atom. The van der Waals surface area contributed by atoms with Crippen LogP contribution in [0, 0.1) is 16.7 Å². The predicted molar refractivity (Wildman–Crippen MR) is 81.9 cm³/mol. The van der Waals surface area contributed by atoms with Crippen molar-refractivity contribution in [2.75, 3.05) is 12.3 Å². The van der Waals surface area contributed by atoms with Crippen LogP contribution in [0.3, 0.4) is 0 Å². The van der Waals surface area contributed by atoms with Gasteiger partial charge < -0.3 is 5.32 Å². The van der Waals surface area contributed by atoms with Gasteiger partial charge in [0.05, 0.1) is 16.9 Å². The molecule has 4 nitrogen and oxygen atoms in total. The van der Waals surface area contributed by atoms with E-state index >= 15 is 0 Å². The van der Waals surface area contributed by atoms with Crippen molar-refractivity contribution in [1.29, 1.82) is 5.26 Å². The molecule has 0 radical (unpaired) electrons. The van der Waals surface area contributed by atoms with Gasteiger partial charge in [0, 0.05) is 17.2 Å². The number of benzene rings is 1. The largest absolute Gasteiger partial charge is 0.354 e. The molecule has 2 rings (SSSR count).